The standard InChI is InChI=1S/C24H25ClN4/c1-15-7-6-8-19(13-15)26-21-14-20(24(3,4)5)27-23-22(16(2)28-29(21)23)17-9-11-18(25)12-10-17/h6-14,26H,1-5H3. The van der Waals surface area contributed by atoms with Gasteiger partial charge in [-0.05, 0) is 49.2 Å². The van der Waals surface area contributed by atoms with Gasteiger partial charge in [-0.3, -0.25) is 0 Å². The van der Waals surface area contributed by atoms with Crippen molar-refractivity contribution in [3.63, 3.8) is 0 Å². The summed E-state index contributed by atoms with van der Waals surface area (Å²) in [4.78, 5) is 5.01. The highest BCUT2D eigenvalue weighted by atomic mass is 35.5. The van der Waals surface area contributed by atoms with Crippen LogP contribution in [-0.4, -0.2) is 14.6 Å². The lowest BCUT2D eigenvalue weighted by Crippen LogP contribution is -2.16. The Morgan fingerprint density at radius 1 is 0.966 bits per heavy atom. The molecule has 4 rings (SSSR count). The number of aryl methyl sites for hydroxylation is 2. The number of hydrogen-bond acceptors (Lipinski definition) is 3. The zero-order valence-electron chi connectivity index (χ0n) is 17.4. The van der Waals surface area contributed by atoms with Gasteiger partial charge in [0.2, 0.25) is 0 Å². The molecule has 29 heavy (non-hydrogen) atoms. The fourth-order valence-electron chi connectivity index (χ4n) is 3.42. The molecule has 0 amide bonds. The molecule has 1 N–H and O–H groups in total. The minimum atomic E-state index is -0.0970. The van der Waals surface area contributed by atoms with E-state index in [1.165, 1.54) is 5.56 Å². The van der Waals surface area contributed by atoms with Crippen molar-refractivity contribution in [1.82, 2.24) is 14.6 Å². The van der Waals surface area contributed by atoms with Crippen molar-refractivity contribution in [2.24, 2.45) is 0 Å². The lowest BCUT2D eigenvalue weighted by Gasteiger charge is -2.20. The van der Waals surface area contributed by atoms with Crippen molar-refractivity contribution >= 4 is 28.8 Å². The van der Waals surface area contributed by atoms with E-state index in [2.05, 4.69) is 57.3 Å². The van der Waals surface area contributed by atoms with Gasteiger partial charge >= 0.3 is 0 Å². The van der Waals surface area contributed by atoms with Crippen LogP contribution in [0.3, 0.4) is 0 Å². The van der Waals surface area contributed by atoms with Gasteiger partial charge in [0.15, 0.2) is 5.65 Å². The zero-order chi connectivity index (χ0) is 20.8. The molecule has 2 aromatic heterocycles. The Hall–Kier alpha value is -2.85. The van der Waals surface area contributed by atoms with Crippen LogP contribution in [0, 0.1) is 13.8 Å². The fourth-order valence-corrected chi connectivity index (χ4v) is 3.55. The van der Waals surface area contributed by atoms with E-state index < -0.39 is 0 Å². The highest BCUT2D eigenvalue weighted by molar-refractivity contribution is 6.30. The van der Waals surface area contributed by atoms with Crippen molar-refractivity contribution in [2.45, 2.75) is 40.0 Å². The first-order valence-corrected chi connectivity index (χ1v) is 10.1. The number of fused-ring (bicyclic) bond motifs is 1. The SMILES string of the molecule is Cc1cccc(Nc2cc(C(C)(C)C)nc3c(-c4ccc(Cl)cc4)c(C)nn23)c1. The predicted octanol–water partition coefficient (Wildman–Crippen LogP) is 6.71. The van der Waals surface area contributed by atoms with Crippen molar-refractivity contribution in [1.29, 1.82) is 0 Å². The molecule has 0 aliphatic carbocycles. The monoisotopic (exact) mass is 404 g/mol. The third-order valence-electron chi connectivity index (χ3n) is 4.96. The first-order valence-electron chi connectivity index (χ1n) is 9.73. The summed E-state index contributed by atoms with van der Waals surface area (Å²) in [7, 11) is 0. The summed E-state index contributed by atoms with van der Waals surface area (Å²) in [6.45, 7) is 10.6. The minimum absolute atomic E-state index is 0.0970. The van der Waals surface area contributed by atoms with E-state index in [1.54, 1.807) is 0 Å². The van der Waals surface area contributed by atoms with Crippen molar-refractivity contribution in [3.05, 3.63) is 76.6 Å². The zero-order valence-corrected chi connectivity index (χ0v) is 18.2. The van der Waals surface area contributed by atoms with Gasteiger partial charge in [0.25, 0.3) is 0 Å². The average molecular weight is 405 g/mol. The topological polar surface area (TPSA) is 42.2 Å². The number of nitrogens with zero attached hydrogens (tertiary/aromatic N) is 3. The Morgan fingerprint density at radius 3 is 2.34 bits per heavy atom. The third-order valence-corrected chi connectivity index (χ3v) is 5.21. The molecule has 4 nitrogen and oxygen atoms in total. The molecule has 0 saturated carbocycles. The third kappa shape index (κ3) is 3.85. The van der Waals surface area contributed by atoms with E-state index in [1.807, 2.05) is 41.8 Å². The number of nitrogens with one attached hydrogen (secondary N) is 1. The van der Waals surface area contributed by atoms with Gasteiger partial charge in [-0.1, -0.05) is 56.6 Å². The number of aromatic nitrogens is 3. The lowest BCUT2D eigenvalue weighted by molar-refractivity contribution is 0.569. The molecular formula is C24H25ClN4. The molecule has 2 heterocycles. The van der Waals surface area contributed by atoms with Crippen LogP contribution in [-0.2, 0) is 5.41 Å². The summed E-state index contributed by atoms with van der Waals surface area (Å²) in [5.41, 5.74) is 7.00. The molecule has 0 fully saturated rings. The van der Waals surface area contributed by atoms with Crippen LogP contribution in [0.25, 0.3) is 16.8 Å². The Kier molecular flexibility index (Phi) is 4.83. The Bertz CT molecular complexity index is 1180. The van der Waals surface area contributed by atoms with E-state index in [0.717, 1.165) is 39.7 Å². The van der Waals surface area contributed by atoms with Gasteiger partial charge in [0.05, 0.1) is 11.4 Å². The Labute approximate surface area is 176 Å². The second kappa shape index (κ2) is 7.20. The molecule has 0 atom stereocenters. The van der Waals surface area contributed by atoms with Crippen LogP contribution < -0.4 is 5.32 Å². The van der Waals surface area contributed by atoms with Gasteiger partial charge in [-0.15, -0.1) is 0 Å². The normalized spacial score (nSPS) is 11.8. The number of halogens is 1. The summed E-state index contributed by atoms with van der Waals surface area (Å²) < 4.78 is 1.90. The van der Waals surface area contributed by atoms with Gasteiger partial charge in [0.1, 0.15) is 5.82 Å². The number of rotatable bonds is 3. The molecule has 0 aliphatic rings. The second-order valence-electron chi connectivity index (χ2n) is 8.47. The van der Waals surface area contributed by atoms with Crippen molar-refractivity contribution in [3.8, 4) is 11.1 Å². The summed E-state index contributed by atoms with van der Waals surface area (Å²) >= 11 is 6.10. The molecule has 0 aliphatic heterocycles. The molecule has 0 radical (unpaired) electrons. The first kappa shape index (κ1) is 19.5. The highest BCUT2D eigenvalue weighted by Crippen LogP contribution is 2.33. The second-order valence-corrected chi connectivity index (χ2v) is 8.91. The van der Waals surface area contributed by atoms with Gasteiger partial charge < -0.3 is 5.32 Å². The van der Waals surface area contributed by atoms with Crippen molar-refractivity contribution in [2.75, 3.05) is 5.32 Å². The summed E-state index contributed by atoms with van der Waals surface area (Å²) in [5.74, 6) is 0.897. The number of anilines is 2. The smallest absolute Gasteiger partial charge is 0.165 e. The van der Waals surface area contributed by atoms with E-state index in [4.69, 9.17) is 21.7 Å². The first-order chi connectivity index (χ1) is 13.7. The number of hydrogen-bond donors (Lipinski definition) is 1. The van der Waals surface area contributed by atoms with Crippen LogP contribution in [0.5, 0.6) is 0 Å². The largest absolute Gasteiger partial charge is 0.340 e. The average Bonchev–Trinajstić information content (AvgIpc) is 2.98. The lowest BCUT2D eigenvalue weighted by atomic mass is 9.92. The molecule has 4 aromatic rings. The Morgan fingerprint density at radius 2 is 1.69 bits per heavy atom. The summed E-state index contributed by atoms with van der Waals surface area (Å²) in [5, 5.41) is 9.07. The minimum Gasteiger partial charge on any atom is -0.340 e. The predicted molar refractivity (Wildman–Crippen MR) is 121 cm³/mol. The molecule has 0 unspecified atom stereocenters. The summed E-state index contributed by atoms with van der Waals surface area (Å²) in [6.07, 6.45) is 0. The quantitative estimate of drug-likeness (QED) is 0.412. The maximum atomic E-state index is 6.10. The van der Waals surface area contributed by atoms with Crippen LogP contribution in [0.4, 0.5) is 11.5 Å². The molecule has 0 saturated heterocycles. The molecule has 0 spiro atoms. The van der Waals surface area contributed by atoms with Gasteiger partial charge in [0, 0.05) is 27.8 Å². The molecule has 148 valence electrons. The van der Waals surface area contributed by atoms with Gasteiger partial charge in [-0.25, -0.2) is 4.98 Å². The summed E-state index contributed by atoms with van der Waals surface area (Å²) in [6, 6.07) is 18.3. The molecule has 2 aromatic carbocycles. The van der Waals surface area contributed by atoms with Crippen LogP contribution in [0.1, 0.15) is 37.7 Å². The van der Waals surface area contributed by atoms with E-state index in [9.17, 15) is 0 Å². The van der Waals surface area contributed by atoms with E-state index in [0.29, 0.717) is 5.02 Å². The molecular weight excluding hydrogens is 380 g/mol. The van der Waals surface area contributed by atoms with E-state index >= 15 is 0 Å². The highest BCUT2D eigenvalue weighted by Gasteiger charge is 2.22. The molecule has 0 bridgehead atoms. The maximum absolute atomic E-state index is 6.10. The fraction of sp³-hybridized carbons (Fsp3) is 0.250. The number of benzene rings is 2. The van der Waals surface area contributed by atoms with Crippen LogP contribution in [0.2, 0.25) is 5.02 Å². The van der Waals surface area contributed by atoms with Crippen LogP contribution in [0.15, 0.2) is 54.6 Å². The van der Waals surface area contributed by atoms with E-state index in [-0.39, 0.29) is 5.41 Å². The van der Waals surface area contributed by atoms with Crippen LogP contribution >= 0.6 is 11.6 Å². The maximum Gasteiger partial charge on any atom is 0.165 e. The van der Waals surface area contributed by atoms with Gasteiger partial charge in [-0.2, -0.15) is 9.61 Å². The molecule has 5 heteroatoms. The van der Waals surface area contributed by atoms with Crippen molar-refractivity contribution < 1.29 is 0 Å². The Balaban J connectivity index is 1.95.